The number of nitrogens with zero attached hydrogens (tertiary/aromatic N) is 5. The van der Waals surface area contributed by atoms with Crippen LogP contribution < -0.4 is 5.32 Å². The highest BCUT2D eigenvalue weighted by atomic mass is 127. The maximum absolute atomic E-state index is 4.61. The zero-order valence-corrected chi connectivity index (χ0v) is 15.6. The summed E-state index contributed by atoms with van der Waals surface area (Å²) in [6.07, 6.45) is 1.55. The van der Waals surface area contributed by atoms with Crippen LogP contribution in [0.5, 0.6) is 0 Å². The second-order valence-corrected chi connectivity index (χ2v) is 5.24. The van der Waals surface area contributed by atoms with Crippen molar-refractivity contribution in [2.75, 3.05) is 13.6 Å². The minimum Gasteiger partial charge on any atom is -0.357 e. The standard InChI is InChI=1S/C13H20N6S.HI/c1-4-14-13(15-7-12-16-10-17-19(12)3)18(2)8-11-5-6-20-9-11;/h5-6,9-10H,4,7-8H2,1-3H3,(H,14,15);1H. The molecule has 0 unspecified atom stereocenters. The first-order valence-electron chi connectivity index (χ1n) is 6.54. The fourth-order valence-corrected chi connectivity index (χ4v) is 2.47. The van der Waals surface area contributed by atoms with Crippen LogP contribution in [-0.2, 0) is 20.1 Å². The van der Waals surface area contributed by atoms with Crippen molar-refractivity contribution < 1.29 is 0 Å². The van der Waals surface area contributed by atoms with Crippen molar-refractivity contribution in [3.63, 3.8) is 0 Å². The van der Waals surface area contributed by atoms with Gasteiger partial charge in [-0.3, -0.25) is 4.68 Å². The van der Waals surface area contributed by atoms with Crippen LogP contribution in [0.4, 0.5) is 0 Å². The summed E-state index contributed by atoms with van der Waals surface area (Å²) in [4.78, 5) is 10.9. The average Bonchev–Trinajstić information content (AvgIpc) is 3.06. The highest BCUT2D eigenvalue weighted by Gasteiger charge is 2.07. The van der Waals surface area contributed by atoms with Gasteiger partial charge in [-0.15, -0.1) is 24.0 Å². The number of guanidine groups is 1. The summed E-state index contributed by atoms with van der Waals surface area (Å²) >= 11 is 1.71. The van der Waals surface area contributed by atoms with Gasteiger partial charge in [0, 0.05) is 27.2 Å². The van der Waals surface area contributed by atoms with Crippen LogP contribution in [0.15, 0.2) is 28.1 Å². The molecule has 0 bridgehead atoms. The minimum absolute atomic E-state index is 0. The van der Waals surface area contributed by atoms with Gasteiger partial charge in [0.1, 0.15) is 18.7 Å². The lowest BCUT2D eigenvalue weighted by Gasteiger charge is -2.21. The zero-order valence-electron chi connectivity index (χ0n) is 12.5. The Morgan fingerprint density at radius 3 is 2.90 bits per heavy atom. The third-order valence-corrected chi connectivity index (χ3v) is 3.60. The topological polar surface area (TPSA) is 58.3 Å². The molecule has 0 aromatic carbocycles. The average molecular weight is 420 g/mol. The van der Waals surface area contributed by atoms with Crippen LogP contribution in [-0.4, -0.2) is 39.2 Å². The highest BCUT2D eigenvalue weighted by molar-refractivity contribution is 14.0. The molecule has 2 aromatic rings. The van der Waals surface area contributed by atoms with Crippen LogP contribution in [0.1, 0.15) is 18.3 Å². The Hall–Kier alpha value is -1.16. The summed E-state index contributed by atoms with van der Waals surface area (Å²) in [6.45, 7) is 4.27. The molecule has 0 saturated heterocycles. The van der Waals surface area contributed by atoms with Crippen molar-refractivity contribution in [1.29, 1.82) is 0 Å². The lowest BCUT2D eigenvalue weighted by atomic mass is 10.3. The van der Waals surface area contributed by atoms with Crippen molar-refractivity contribution >= 4 is 41.3 Å². The molecule has 0 atom stereocenters. The Morgan fingerprint density at radius 2 is 2.33 bits per heavy atom. The monoisotopic (exact) mass is 420 g/mol. The third kappa shape index (κ3) is 5.27. The molecule has 0 fully saturated rings. The summed E-state index contributed by atoms with van der Waals surface area (Å²) < 4.78 is 1.74. The van der Waals surface area contributed by atoms with Crippen LogP contribution in [0.3, 0.4) is 0 Å². The predicted octanol–water partition coefficient (Wildman–Crippen LogP) is 2.09. The largest absolute Gasteiger partial charge is 0.357 e. The number of aliphatic imine (C=N–C) groups is 1. The van der Waals surface area contributed by atoms with E-state index in [4.69, 9.17) is 0 Å². The number of hydrogen-bond donors (Lipinski definition) is 1. The van der Waals surface area contributed by atoms with Crippen molar-refractivity contribution in [1.82, 2.24) is 25.0 Å². The third-order valence-electron chi connectivity index (χ3n) is 2.87. The fourth-order valence-electron chi connectivity index (χ4n) is 1.81. The number of halogens is 1. The van der Waals surface area contributed by atoms with E-state index in [9.17, 15) is 0 Å². The molecular formula is C13H21IN6S. The molecular weight excluding hydrogens is 399 g/mol. The normalized spacial score (nSPS) is 11.1. The van der Waals surface area contributed by atoms with Gasteiger partial charge in [0.15, 0.2) is 5.96 Å². The maximum atomic E-state index is 4.61. The molecule has 2 rings (SSSR count). The molecule has 0 saturated carbocycles. The van der Waals surface area contributed by atoms with Gasteiger partial charge < -0.3 is 10.2 Å². The molecule has 21 heavy (non-hydrogen) atoms. The lowest BCUT2D eigenvalue weighted by molar-refractivity contribution is 0.476. The van der Waals surface area contributed by atoms with Crippen molar-refractivity contribution in [3.05, 3.63) is 34.5 Å². The van der Waals surface area contributed by atoms with E-state index in [0.29, 0.717) is 6.54 Å². The molecule has 0 aliphatic heterocycles. The van der Waals surface area contributed by atoms with Gasteiger partial charge >= 0.3 is 0 Å². The van der Waals surface area contributed by atoms with Gasteiger partial charge in [0.05, 0.1) is 0 Å². The molecule has 0 amide bonds. The number of rotatable bonds is 5. The molecule has 8 heteroatoms. The van der Waals surface area contributed by atoms with E-state index < -0.39 is 0 Å². The van der Waals surface area contributed by atoms with E-state index >= 15 is 0 Å². The summed E-state index contributed by atoms with van der Waals surface area (Å²) in [5, 5.41) is 11.6. The smallest absolute Gasteiger partial charge is 0.194 e. The Morgan fingerprint density at radius 1 is 1.52 bits per heavy atom. The zero-order chi connectivity index (χ0) is 14.4. The fraction of sp³-hybridized carbons (Fsp3) is 0.462. The second kappa shape index (κ2) is 8.98. The van der Waals surface area contributed by atoms with Crippen LogP contribution >= 0.6 is 35.3 Å². The van der Waals surface area contributed by atoms with E-state index in [-0.39, 0.29) is 24.0 Å². The molecule has 6 nitrogen and oxygen atoms in total. The predicted molar refractivity (Wildman–Crippen MR) is 97.0 cm³/mol. The number of nitrogens with one attached hydrogen (secondary N) is 1. The van der Waals surface area contributed by atoms with Gasteiger partial charge in [0.2, 0.25) is 0 Å². The van der Waals surface area contributed by atoms with Crippen LogP contribution in [0.25, 0.3) is 0 Å². The SMILES string of the molecule is CCNC(=NCc1ncnn1C)N(C)Cc1ccsc1.I. The molecule has 0 aliphatic rings. The molecule has 1 N–H and O–H groups in total. The second-order valence-electron chi connectivity index (χ2n) is 4.46. The molecule has 0 radical (unpaired) electrons. The van der Waals surface area contributed by atoms with Crippen molar-refractivity contribution in [2.24, 2.45) is 12.0 Å². The quantitative estimate of drug-likeness (QED) is 0.457. The number of hydrogen-bond acceptors (Lipinski definition) is 4. The number of aromatic nitrogens is 3. The van der Waals surface area contributed by atoms with Gasteiger partial charge in [-0.05, 0) is 29.3 Å². The Bertz CT molecular complexity index is 551. The van der Waals surface area contributed by atoms with E-state index in [0.717, 1.165) is 24.9 Å². The Labute approximate surface area is 146 Å². The van der Waals surface area contributed by atoms with E-state index in [2.05, 4.69) is 49.0 Å². The van der Waals surface area contributed by atoms with Gasteiger partial charge in [-0.1, -0.05) is 0 Å². The molecule has 116 valence electrons. The van der Waals surface area contributed by atoms with E-state index in [1.54, 1.807) is 22.3 Å². The van der Waals surface area contributed by atoms with Gasteiger partial charge in [0.25, 0.3) is 0 Å². The first-order valence-corrected chi connectivity index (χ1v) is 7.48. The van der Waals surface area contributed by atoms with Gasteiger partial charge in [-0.25, -0.2) is 9.98 Å². The molecule has 0 aliphatic carbocycles. The number of aryl methyl sites for hydroxylation is 1. The number of thiophene rings is 1. The highest BCUT2D eigenvalue weighted by Crippen LogP contribution is 2.08. The van der Waals surface area contributed by atoms with Crippen LogP contribution in [0, 0.1) is 0 Å². The summed E-state index contributed by atoms with van der Waals surface area (Å²) in [6, 6.07) is 2.13. The first-order chi connectivity index (χ1) is 9.70. The lowest BCUT2D eigenvalue weighted by Crippen LogP contribution is -2.38. The van der Waals surface area contributed by atoms with Crippen LogP contribution in [0.2, 0.25) is 0 Å². The maximum Gasteiger partial charge on any atom is 0.194 e. The Kier molecular flexibility index (Phi) is 7.65. The first kappa shape index (κ1) is 17.9. The van der Waals surface area contributed by atoms with E-state index in [1.807, 2.05) is 14.1 Å². The Balaban J connectivity index is 0.00000220. The summed E-state index contributed by atoms with van der Waals surface area (Å²) in [7, 11) is 3.91. The van der Waals surface area contributed by atoms with Crippen molar-refractivity contribution in [2.45, 2.75) is 20.0 Å². The summed E-state index contributed by atoms with van der Waals surface area (Å²) in [5.41, 5.74) is 1.29. The molecule has 0 spiro atoms. The minimum atomic E-state index is 0. The van der Waals surface area contributed by atoms with Crippen molar-refractivity contribution in [3.8, 4) is 0 Å². The van der Waals surface area contributed by atoms with E-state index in [1.165, 1.54) is 5.56 Å². The van der Waals surface area contributed by atoms with Gasteiger partial charge in [-0.2, -0.15) is 16.4 Å². The summed E-state index contributed by atoms with van der Waals surface area (Å²) in [5.74, 6) is 1.73. The molecule has 2 heterocycles. The molecule has 2 aromatic heterocycles.